The molecule has 0 bridgehead atoms. The number of methoxy groups -OCH3 is 1. The fraction of sp³-hybridized carbons (Fsp3) is 0.435. The molecule has 0 spiro atoms. The van der Waals surface area contributed by atoms with Crippen molar-refractivity contribution in [1.82, 2.24) is 4.90 Å². The van der Waals surface area contributed by atoms with Crippen molar-refractivity contribution in [2.24, 2.45) is 0 Å². The van der Waals surface area contributed by atoms with Crippen molar-refractivity contribution in [3.05, 3.63) is 53.1 Å². The van der Waals surface area contributed by atoms with Gasteiger partial charge in [-0.3, -0.25) is 4.79 Å². The molecule has 5 heteroatoms. The van der Waals surface area contributed by atoms with Crippen LogP contribution in [0.4, 0.5) is 0 Å². The third kappa shape index (κ3) is 4.77. The second-order valence-electron chi connectivity index (χ2n) is 7.17. The largest absolute Gasteiger partial charge is 0.508 e. The van der Waals surface area contributed by atoms with E-state index in [9.17, 15) is 9.90 Å². The minimum Gasteiger partial charge on any atom is -0.508 e. The van der Waals surface area contributed by atoms with Gasteiger partial charge in [0.15, 0.2) is 11.5 Å². The second kappa shape index (κ2) is 9.49. The molecule has 1 amide bonds. The summed E-state index contributed by atoms with van der Waals surface area (Å²) in [4.78, 5) is 14.9. The standard InChI is InChI=1S/C23H29NO4/c1-3-4-5-14-28-22-16-20-18(15-21(22)27-2)11-13-24(23(20)26)12-10-17-6-8-19(25)9-7-17/h6-9,15-16,25H,3-5,10-14H2,1-2H3. The molecule has 2 aromatic carbocycles. The van der Waals surface area contributed by atoms with E-state index < -0.39 is 0 Å². The molecule has 1 aliphatic heterocycles. The topological polar surface area (TPSA) is 59.0 Å². The third-order valence-corrected chi connectivity index (χ3v) is 5.17. The maximum Gasteiger partial charge on any atom is 0.254 e. The van der Waals surface area contributed by atoms with Crippen molar-refractivity contribution in [3.8, 4) is 17.2 Å². The minimum atomic E-state index is 0.0427. The lowest BCUT2D eigenvalue weighted by atomic mass is 9.97. The van der Waals surface area contributed by atoms with Crippen LogP contribution < -0.4 is 9.47 Å². The molecule has 0 radical (unpaired) electrons. The van der Waals surface area contributed by atoms with Crippen LogP contribution in [-0.4, -0.2) is 42.7 Å². The van der Waals surface area contributed by atoms with Crippen LogP contribution in [0.5, 0.6) is 17.2 Å². The summed E-state index contributed by atoms with van der Waals surface area (Å²) in [5.41, 5.74) is 2.83. The highest BCUT2D eigenvalue weighted by Gasteiger charge is 2.26. The molecule has 1 aliphatic rings. The van der Waals surface area contributed by atoms with Gasteiger partial charge in [0, 0.05) is 18.7 Å². The molecule has 2 aromatic rings. The highest BCUT2D eigenvalue weighted by atomic mass is 16.5. The molecule has 5 nitrogen and oxygen atoms in total. The van der Waals surface area contributed by atoms with Crippen LogP contribution in [0, 0.1) is 0 Å². The smallest absolute Gasteiger partial charge is 0.254 e. The highest BCUT2D eigenvalue weighted by Crippen LogP contribution is 2.33. The summed E-state index contributed by atoms with van der Waals surface area (Å²) in [7, 11) is 1.63. The van der Waals surface area contributed by atoms with E-state index in [1.165, 1.54) is 0 Å². The minimum absolute atomic E-state index is 0.0427. The number of benzene rings is 2. The zero-order valence-electron chi connectivity index (χ0n) is 16.7. The number of carbonyl (C=O) groups is 1. The third-order valence-electron chi connectivity index (χ3n) is 5.17. The highest BCUT2D eigenvalue weighted by molar-refractivity contribution is 5.97. The number of phenolic OH excluding ortho intramolecular Hbond substituents is 1. The first-order chi connectivity index (χ1) is 13.6. The van der Waals surface area contributed by atoms with E-state index in [0.717, 1.165) is 43.2 Å². The summed E-state index contributed by atoms with van der Waals surface area (Å²) in [6.07, 6.45) is 4.82. The molecule has 0 fully saturated rings. The van der Waals surface area contributed by atoms with Gasteiger partial charge in [-0.1, -0.05) is 31.9 Å². The average Bonchev–Trinajstić information content (AvgIpc) is 2.71. The fourth-order valence-electron chi connectivity index (χ4n) is 3.48. The first kappa shape index (κ1) is 20.1. The van der Waals surface area contributed by atoms with Crippen molar-refractivity contribution in [1.29, 1.82) is 0 Å². The van der Waals surface area contributed by atoms with Crippen molar-refractivity contribution < 1.29 is 19.4 Å². The molecular weight excluding hydrogens is 354 g/mol. The van der Waals surface area contributed by atoms with E-state index >= 15 is 0 Å². The molecule has 0 saturated heterocycles. The molecule has 0 aromatic heterocycles. The van der Waals surface area contributed by atoms with Gasteiger partial charge in [-0.25, -0.2) is 0 Å². The maximum absolute atomic E-state index is 13.0. The summed E-state index contributed by atoms with van der Waals surface area (Å²) in [5, 5.41) is 9.40. The summed E-state index contributed by atoms with van der Waals surface area (Å²) in [5.74, 6) is 1.64. The Hall–Kier alpha value is -2.69. The summed E-state index contributed by atoms with van der Waals surface area (Å²) in [6, 6.07) is 10.9. The molecule has 3 rings (SSSR count). The van der Waals surface area contributed by atoms with E-state index in [4.69, 9.17) is 9.47 Å². The maximum atomic E-state index is 13.0. The van der Waals surface area contributed by atoms with E-state index in [1.807, 2.05) is 29.2 Å². The zero-order chi connectivity index (χ0) is 19.9. The molecule has 28 heavy (non-hydrogen) atoms. The number of rotatable bonds is 9. The summed E-state index contributed by atoms with van der Waals surface area (Å²) in [6.45, 7) is 4.14. The van der Waals surface area contributed by atoms with Gasteiger partial charge < -0.3 is 19.5 Å². The van der Waals surface area contributed by atoms with Crippen molar-refractivity contribution in [3.63, 3.8) is 0 Å². The summed E-state index contributed by atoms with van der Waals surface area (Å²) >= 11 is 0. The molecule has 150 valence electrons. The van der Waals surface area contributed by atoms with Crippen LogP contribution in [0.25, 0.3) is 0 Å². The number of amides is 1. The second-order valence-corrected chi connectivity index (χ2v) is 7.17. The van der Waals surface area contributed by atoms with Gasteiger partial charge >= 0.3 is 0 Å². The van der Waals surface area contributed by atoms with Gasteiger partial charge in [0.25, 0.3) is 5.91 Å². The lowest BCUT2D eigenvalue weighted by Gasteiger charge is -2.29. The van der Waals surface area contributed by atoms with Crippen LogP contribution in [0.3, 0.4) is 0 Å². The monoisotopic (exact) mass is 383 g/mol. The van der Waals surface area contributed by atoms with Crippen LogP contribution >= 0.6 is 0 Å². The average molecular weight is 383 g/mol. The molecule has 0 atom stereocenters. The summed E-state index contributed by atoms with van der Waals surface area (Å²) < 4.78 is 11.4. The predicted octanol–water partition coefficient (Wildman–Crippen LogP) is 4.21. The molecule has 1 heterocycles. The van der Waals surface area contributed by atoms with Crippen LogP contribution in [0.1, 0.15) is 47.7 Å². The number of aromatic hydroxyl groups is 1. The molecule has 1 N–H and O–H groups in total. The van der Waals surface area contributed by atoms with Gasteiger partial charge in [0.05, 0.1) is 13.7 Å². The van der Waals surface area contributed by atoms with Crippen molar-refractivity contribution >= 4 is 5.91 Å². The van der Waals surface area contributed by atoms with Crippen LogP contribution in [-0.2, 0) is 12.8 Å². The van der Waals surface area contributed by atoms with Crippen molar-refractivity contribution in [2.45, 2.75) is 39.0 Å². The Morgan fingerprint density at radius 3 is 2.61 bits per heavy atom. The van der Waals surface area contributed by atoms with Gasteiger partial charge in [0.1, 0.15) is 5.75 Å². The van der Waals surface area contributed by atoms with Gasteiger partial charge in [-0.15, -0.1) is 0 Å². The number of unbranched alkanes of at least 4 members (excludes halogenated alkanes) is 2. The lowest BCUT2D eigenvalue weighted by Crippen LogP contribution is -2.38. The molecule has 0 saturated carbocycles. The number of carbonyl (C=O) groups excluding carboxylic acids is 1. The van der Waals surface area contributed by atoms with Crippen LogP contribution in [0.15, 0.2) is 36.4 Å². The Labute approximate surface area is 166 Å². The molecular formula is C23H29NO4. The Kier molecular flexibility index (Phi) is 6.80. The van der Waals surface area contributed by atoms with E-state index in [1.54, 1.807) is 19.2 Å². The van der Waals surface area contributed by atoms with E-state index in [0.29, 0.717) is 36.8 Å². The van der Waals surface area contributed by atoms with Crippen molar-refractivity contribution in [2.75, 3.05) is 26.8 Å². The van der Waals surface area contributed by atoms with Crippen LogP contribution in [0.2, 0.25) is 0 Å². The molecule has 0 unspecified atom stereocenters. The zero-order valence-corrected chi connectivity index (χ0v) is 16.7. The first-order valence-corrected chi connectivity index (χ1v) is 10.0. The Bertz CT molecular complexity index is 801. The SMILES string of the molecule is CCCCCOc1cc2c(cc1OC)CCN(CCc1ccc(O)cc1)C2=O. The van der Waals surface area contributed by atoms with Gasteiger partial charge in [-0.05, 0) is 54.7 Å². The van der Waals surface area contributed by atoms with Gasteiger partial charge in [0.2, 0.25) is 0 Å². The quantitative estimate of drug-likeness (QED) is 0.659. The fourth-order valence-corrected chi connectivity index (χ4v) is 3.48. The normalized spacial score (nSPS) is 13.4. The number of ether oxygens (including phenoxy) is 2. The lowest BCUT2D eigenvalue weighted by molar-refractivity contribution is 0.0741. The number of phenols is 1. The Morgan fingerprint density at radius 1 is 1.11 bits per heavy atom. The number of nitrogens with zero attached hydrogens (tertiary/aromatic N) is 1. The molecule has 0 aliphatic carbocycles. The van der Waals surface area contributed by atoms with Gasteiger partial charge in [-0.2, -0.15) is 0 Å². The Balaban J connectivity index is 1.70. The number of fused-ring (bicyclic) bond motifs is 1. The number of hydrogen-bond acceptors (Lipinski definition) is 4. The predicted molar refractivity (Wildman–Crippen MR) is 109 cm³/mol. The number of hydrogen-bond donors (Lipinski definition) is 1. The Morgan fingerprint density at radius 2 is 1.89 bits per heavy atom. The van der Waals surface area contributed by atoms with E-state index in [2.05, 4.69) is 6.92 Å². The first-order valence-electron chi connectivity index (χ1n) is 10.0. The van der Waals surface area contributed by atoms with E-state index in [-0.39, 0.29) is 11.7 Å².